The molecule has 1 aromatic rings. The quantitative estimate of drug-likeness (QED) is 0.804. The van der Waals surface area contributed by atoms with Crippen molar-refractivity contribution in [1.29, 1.82) is 0 Å². The van der Waals surface area contributed by atoms with Crippen LogP contribution in [0, 0.1) is 5.41 Å². The van der Waals surface area contributed by atoms with Crippen molar-refractivity contribution in [2.45, 2.75) is 20.3 Å². The number of hydrogen-bond donors (Lipinski definition) is 1. The number of alkyl halides is 1. The molecule has 100 valence electrons. The van der Waals surface area contributed by atoms with Crippen molar-refractivity contribution in [2.75, 3.05) is 12.4 Å². The Balaban J connectivity index is 2.63. The lowest BCUT2D eigenvalue weighted by Gasteiger charge is -2.23. The van der Waals surface area contributed by atoms with E-state index in [1.54, 1.807) is 18.2 Å². The van der Waals surface area contributed by atoms with Gasteiger partial charge in [-0.3, -0.25) is 4.79 Å². The van der Waals surface area contributed by atoms with Crippen LogP contribution >= 0.6 is 34.8 Å². The zero-order valence-corrected chi connectivity index (χ0v) is 12.7. The molecule has 2 nitrogen and oxygen atoms in total. The van der Waals surface area contributed by atoms with Gasteiger partial charge in [0.05, 0.1) is 10.0 Å². The summed E-state index contributed by atoms with van der Waals surface area (Å²) in [6.07, 6.45) is 0.843. The van der Waals surface area contributed by atoms with Gasteiger partial charge in [-0.15, -0.1) is 11.6 Å². The Hall–Kier alpha value is -0.440. The number of benzene rings is 1. The minimum atomic E-state index is -0.156. The van der Waals surface area contributed by atoms with E-state index in [0.717, 1.165) is 6.42 Å². The third-order valence-corrected chi connectivity index (χ3v) is 3.61. The molecule has 1 rings (SSSR count). The molecular weight excluding hydrogens is 293 g/mol. The van der Waals surface area contributed by atoms with Gasteiger partial charge in [0.1, 0.15) is 0 Å². The molecule has 1 N–H and O–H groups in total. The fraction of sp³-hybridized carbons (Fsp3) is 0.462. The van der Waals surface area contributed by atoms with E-state index in [1.165, 1.54) is 0 Å². The molecule has 0 aliphatic rings. The van der Waals surface area contributed by atoms with E-state index >= 15 is 0 Å². The highest BCUT2D eigenvalue weighted by atomic mass is 35.5. The van der Waals surface area contributed by atoms with E-state index in [4.69, 9.17) is 34.8 Å². The molecule has 1 amide bonds. The van der Waals surface area contributed by atoms with Crippen molar-refractivity contribution < 1.29 is 4.79 Å². The molecule has 0 spiro atoms. The minimum Gasteiger partial charge on any atom is -0.352 e. The Morgan fingerprint density at radius 2 is 1.94 bits per heavy atom. The molecule has 18 heavy (non-hydrogen) atoms. The van der Waals surface area contributed by atoms with Gasteiger partial charge in [0.15, 0.2) is 0 Å². The summed E-state index contributed by atoms with van der Waals surface area (Å²) in [5, 5.41) is 3.69. The first-order valence-electron chi connectivity index (χ1n) is 5.65. The lowest BCUT2D eigenvalue weighted by atomic mass is 9.90. The largest absolute Gasteiger partial charge is 0.352 e. The summed E-state index contributed by atoms with van der Waals surface area (Å²) >= 11 is 17.4. The van der Waals surface area contributed by atoms with Crippen molar-refractivity contribution in [3.63, 3.8) is 0 Å². The summed E-state index contributed by atoms with van der Waals surface area (Å²) in [7, 11) is 0. The average molecular weight is 309 g/mol. The van der Waals surface area contributed by atoms with E-state index in [-0.39, 0.29) is 11.3 Å². The SMILES string of the molecule is CC(C)(CCCl)CNC(=O)c1ccc(Cl)c(Cl)c1. The summed E-state index contributed by atoms with van der Waals surface area (Å²) < 4.78 is 0. The predicted octanol–water partition coefficient (Wildman–Crippen LogP) is 4.38. The van der Waals surface area contributed by atoms with Gasteiger partial charge in [0.2, 0.25) is 0 Å². The van der Waals surface area contributed by atoms with Crippen LogP contribution in [0.3, 0.4) is 0 Å². The molecule has 0 saturated carbocycles. The number of hydrogen-bond acceptors (Lipinski definition) is 1. The topological polar surface area (TPSA) is 29.1 Å². The summed E-state index contributed by atoms with van der Waals surface area (Å²) in [6.45, 7) is 4.69. The summed E-state index contributed by atoms with van der Waals surface area (Å²) in [5.41, 5.74) is 0.485. The zero-order chi connectivity index (χ0) is 13.8. The maximum Gasteiger partial charge on any atom is 0.251 e. The van der Waals surface area contributed by atoms with Crippen LogP contribution in [-0.2, 0) is 0 Å². The Morgan fingerprint density at radius 1 is 1.28 bits per heavy atom. The number of nitrogens with one attached hydrogen (secondary N) is 1. The molecule has 0 fully saturated rings. The van der Waals surface area contributed by atoms with Crippen LogP contribution in [0.1, 0.15) is 30.6 Å². The third kappa shape index (κ3) is 4.68. The van der Waals surface area contributed by atoms with Gasteiger partial charge >= 0.3 is 0 Å². The van der Waals surface area contributed by atoms with E-state index in [9.17, 15) is 4.79 Å². The smallest absolute Gasteiger partial charge is 0.251 e. The molecule has 0 unspecified atom stereocenters. The Labute approximate surface area is 123 Å². The van der Waals surface area contributed by atoms with E-state index in [2.05, 4.69) is 19.2 Å². The maximum atomic E-state index is 11.9. The van der Waals surface area contributed by atoms with E-state index in [1.807, 2.05) is 0 Å². The van der Waals surface area contributed by atoms with Crippen molar-refractivity contribution in [2.24, 2.45) is 5.41 Å². The first-order valence-corrected chi connectivity index (χ1v) is 6.94. The Kier molecular flexibility index (Phi) is 5.77. The monoisotopic (exact) mass is 307 g/mol. The number of halogens is 3. The number of rotatable bonds is 5. The highest BCUT2D eigenvalue weighted by molar-refractivity contribution is 6.42. The van der Waals surface area contributed by atoms with Gasteiger partial charge < -0.3 is 5.32 Å². The molecule has 0 bridgehead atoms. The second-order valence-corrected chi connectivity index (χ2v) is 6.11. The molecule has 0 aliphatic heterocycles. The summed E-state index contributed by atoms with van der Waals surface area (Å²) in [6, 6.07) is 4.83. The first-order chi connectivity index (χ1) is 8.35. The first kappa shape index (κ1) is 15.6. The molecule has 1 aromatic carbocycles. The molecule has 5 heteroatoms. The van der Waals surface area contributed by atoms with Gasteiger partial charge in [0.25, 0.3) is 5.91 Å². The number of carbonyl (C=O) groups is 1. The third-order valence-electron chi connectivity index (χ3n) is 2.68. The normalized spacial score (nSPS) is 11.4. The van der Waals surface area contributed by atoms with Crippen LogP contribution in [0.2, 0.25) is 10.0 Å². The Morgan fingerprint density at radius 3 is 2.50 bits per heavy atom. The maximum absolute atomic E-state index is 11.9. The van der Waals surface area contributed by atoms with Crippen molar-refractivity contribution in [3.05, 3.63) is 33.8 Å². The van der Waals surface area contributed by atoms with Crippen LogP contribution in [0.25, 0.3) is 0 Å². The van der Waals surface area contributed by atoms with Gasteiger partial charge in [-0.2, -0.15) is 0 Å². The van der Waals surface area contributed by atoms with Gasteiger partial charge in [0, 0.05) is 18.0 Å². The fourth-order valence-electron chi connectivity index (χ4n) is 1.40. The average Bonchev–Trinajstić information content (AvgIpc) is 2.30. The van der Waals surface area contributed by atoms with Crippen LogP contribution < -0.4 is 5.32 Å². The van der Waals surface area contributed by atoms with E-state index < -0.39 is 0 Å². The minimum absolute atomic E-state index is 0.0202. The van der Waals surface area contributed by atoms with Gasteiger partial charge in [-0.1, -0.05) is 37.0 Å². The van der Waals surface area contributed by atoms with Crippen LogP contribution in [0.5, 0.6) is 0 Å². The molecular formula is C13H16Cl3NO. The van der Waals surface area contributed by atoms with Crippen molar-refractivity contribution in [1.82, 2.24) is 5.32 Å². The second-order valence-electron chi connectivity index (χ2n) is 4.91. The second kappa shape index (κ2) is 6.65. The summed E-state index contributed by atoms with van der Waals surface area (Å²) in [4.78, 5) is 11.9. The standard InChI is InChI=1S/C13H16Cl3NO/c1-13(2,5-6-14)8-17-12(18)9-3-4-10(15)11(16)7-9/h3-4,7H,5-6,8H2,1-2H3,(H,17,18). The molecule has 0 aliphatic carbocycles. The number of carbonyl (C=O) groups excluding carboxylic acids is 1. The molecule has 0 radical (unpaired) electrons. The fourth-order valence-corrected chi connectivity index (χ4v) is 2.21. The molecule has 0 saturated heterocycles. The lowest BCUT2D eigenvalue weighted by molar-refractivity contribution is 0.0936. The Bertz CT molecular complexity index is 432. The highest BCUT2D eigenvalue weighted by Crippen LogP contribution is 2.23. The van der Waals surface area contributed by atoms with E-state index in [0.29, 0.717) is 28.0 Å². The van der Waals surface area contributed by atoms with Crippen molar-refractivity contribution >= 4 is 40.7 Å². The summed E-state index contributed by atoms with van der Waals surface area (Å²) in [5.74, 6) is 0.423. The highest BCUT2D eigenvalue weighted by Gasteiger charge is 2.18. The van der Waals surface area contributed by atoms with Crippen LogP contribution in [-0.4, -0.2) is 18.3 Å². The van der Waals surface area contributed by atoms with Gasteiger partial charge in [-0.05, 0) is 30.0 Å². The van der Waals surface area contributed by atoms with Crippen molar-refractivity contribution in [3.8, 4) is 0 Å². The predicted molar refractivity (Wildman–Crippen MR) is 77.9 cm³/mol. The zero-order valence-electron chi connectivity index (χ0n) is 10.4. The number of amides is 1. The molecule has 0 heterocycles. The lowest BCUT2D eigenvalue weighted by Crippen LogP contribution is -2.34. The molecule has 0 atom stereocenters. The van der Waals surface area contributed by atoms with Gasteiger partial charge in [-0.25, -0.2) is 0 Å². The van der Waals surface area contributed by atoms with Crippen LogP contribution in [0.15, 0.2) is 18.2 Å². The molecule has 0 aromatic heterocycles. The van der Waals surface area contributed by atoms with Crippen LogP contribution in [0.4, 0.5) is 0 Å².